The topological polar surface area (TPSA) is 73.2 Å². The molecule has 108 valence electrons. The summed E-state index contributed by atoms with van der Waals surface area (Å²) in [5.41, 5.74) is 0. The van der Waals surface area contributed by atoms with Gasteiger partial charge < -0.3 is 29.9 Å². The Balaban J connectivity index is 2.56. The van der Waals surface area contributed by atoms with Crippen LogP contribution in [-0.2, 0) is 0 Å². The molecular formula is C11H26N4O3. The molecule has 1 saturated heterocycles. The highest BCUT2D eigenvalue weighted by Crippen LogP contribution is 2.24. The van der Waals surface area contributed by atoms with Gasteiger partial charge in [0, 0.05) is 19.6 Å². The van der Waals surface area contributed by atoms with E-state index in [1.165, 1.54) is 0 Å². The molecule has 3 unspecified atom stereocenters. The summed E-state index contributed by atoms with van der Waals surface area (Å²) in [5, 5.41) is 32.2. The molecule has 0 aromatic carbocycles. The molecule has 1 aliphatic heterocycles. The van der Waals surface area contributed by atoms with Crippen molar-refractivity contribution < 1.29 is 14.9 Å². The zero-order valence-corrected chi connectivity index (χ0v) is 11.8. The summed E-state index contributed by atoms with van der Waals surface area (Å²) in [5.74, 6) is 0. The molecule has 1 aliphatic rings. The molecule has 0 aromatic heterocycles. The first kappa shape index (κ1) is 15.8. The molecule has 2 N–H and O–H groups in total. The number of nitrogens with zero attached hydrogens (tertiary/aromatic N) is 4. The van der Waals surface area contributed by atoms with Gasteiger partial charge in [-0.25, -0.2) is 4.90 Å². The van der Waals surface area contributed by atoms with Crippen LogP contribution in [0.4, 0.5) is 0 Å². The third-order valence-corrected chi connectivity index (χ3v) is 3.30. The van der Waals surface area contributed by atoms with Crippen LogP contribution in [0.3, 0.4) is 0 Å². The van der Waals surface area contributed by atoms with Crippen molar-refractivity contribution in [3.8, 4) is 0 Å². The van der Waals surface area contributed by atoms with Crippen LogP contribution in [0, 0.1) is 5.21 Å². The number of aliphatic hydroxyl groups excluding tert-OH is 2. The monoisotopic (exact) mass is 262 g/mol. The minimum atomic E-state index is -1.27. The largest absolute Gasteiger partial charge is 0.630 e. The van der Waals surface area contributed by atoms with Crippen molar-refractivity contribution in [2.45, 2.75) is 12.5 Å². The van der Waals surface area contributed by atoms with Crippen molar-refractivity contribution in [1.82, 2.24) is 14.7 Å². The van der Waals surface area contributed by atoms with Gasteiger partial charge in [0.25, 0.3) is 0 Å². The normalized spacial score (nSPS) is 33.8. The SMILES string of the molecule is CN(C)CCN1C[N+]([O-])(CCN(C)C)C(O)C1O. The Bertz CT molecular complexity index is 265. The molecule has 1 rings (SSSR count). The molecule has 0 saturated carbocycles. The Labute approximate surface area is 109 Å². The van der Waals surface area contributed by atoms with Crippen molar-refractivity contribution >= 4 is 0 Å². The van der Waals surface area contributed by atoms with E-state index in [1.807, 2.05) is 38.0 Å². The Kier molecular flexibility index (Phi) is 5.47. The number of hydrogen-bond donors (Lipinski definition) is 2. The Morgan fingerprint density at radius 1 is 1.17 bits per heavy atom. The average molecular weight is 262 g/mol. The lowest BCUT2D eigenvalue weighted by molar-refractivity contribution is -0.918. The predicted octanol–water partition coefficient (Wildman–Crippen LogP) is -1.67. The molecular weight excluding hydrogens is 236 g/mol. The van der Waals surface area contributed by atoms with Crippen LogP contribution in [0.5, 0.6) is 0 Å². The van der Waals surface area contributed by atoms with Gasteiger partial charge in [-0.15, -0.1) is 0 Å². The Morgan fingerprint density at radius 2 is 1.72 bits per heavy atom. The molecule has 0 amide bonds. The number of hydroxylamine groups is 3. The van der Waals surface area contributed by atoms with E-state index in [0.29, 0.717) is 13.1 Å². The van der Waals surface area contributed by atoms with Gasteiger partial charge in [-0.3, -0.25) is 0 Å². The first-order valence-electron chi connectivity index (χ1n) is 6.23. The van der Waals surface area contributed by atoms with E-state index in [2.05, 4.69) is 0 Å². The van der Waals surface area contributed by atoms with Gasteiger partial charge >= 0.3 is 0 Å². The van der Waals surface area contributed by atoms with Crippen LogP contribution in [0.25, 0.3) is 0 Å². The smallest absolute Gasteiger partial charge is 0.232 e. The molecule has 7 nitrogen and oxygen atoms in total. The maximum atomic E-state index is 12.4. The van der Waals surface area contributed by atoms with E-state index in [9.17, 15) is 15.4 Å². The van der Waals surface area contributed by atoms with E-state index in [0.717, 1.165) is 6.54 Å². The second-order valence-corrected chi connectivity index (χ2v) is 5.56. The first-order chi connectivity index (χ1) is 8.26. The van der Waals surface area contributed by atoms with Gasteiger partial charge in [-0.05, 0) is 28.2 Å². The van der Waals surface area contributed by atoms with Crippen LogP contribution in [0.2, 0.25) is 0 Å². The van der Waals surface area contributed by atoms with E-state index < -0.39 is 17.1 Å². The molecule has 1 fully saturated rings. The number of rotatable bonds is 6. The van der Waals surface area contributed by atoms with Crippen molar-refractivity contribution in [3.05, 3.63) is 5.21 Å². The fourth-order valence-electron chi connectivity index (χ4n) is 2.01. The lowest BCUT2D eigenvalue weighted by atomic mass is 10.4. The fourth-order valence-corrected chi connectivity index (χ4v) is 2.01. The second kappa shape index (κ2) is 6.25. The van der Waals surface area contributed by atoms with Gasteiger partial charge in [0.05, 0.1) is 6.54 Å². The van der Waals surface area contributed by atoms with E-state index in [4.69, 9.17) is 0 Å². The zero-order chi connectivity index (χ0) is 13.9. The summed E-state index contributed by atoms with van der Waals surface area (Å²) < 4.78 is -0.757. The summed E-state index contributed by atoms with van der Waals surface area (Å²) in [7, 11) is 7.64. The third-order valence-electron chi connectivity index (χ3n) is 3.30. The first-order valence-corrected chi connectivity index (χ1v) is 6.23. The maximum absolute atomic E-state index is 12.4. The van der Waals surface area contributed by atoms with Gasteiger partial charge in [0.15, 0.2) is 6.23 Å². The van der Waals surface area contributed by atoms with Gasteiger partial charge in [-0.1, -0.05) is 0 Å². The molecule has 18 heavy (non-hydrogen) atoms. The number of likely N-dealkylation sites (N-methyl/N-ethyl adjacent to an activating group) is 2. The molecule has 7 heteroatoms. The molecule has 0 bridgehead atoms. The van der Waals surface area contributed by atoms with Crippen molar-refractivity contribution in [1.29, 1.82) is 0 Å². The molecule has 0 radical (unpaired) electrons. The quantitative estimate of drug-likeness (QED) is 0.441. The van der Waals surface area contributed by atoms with E-state index in [-0.39, 0.29) is 13.2 Å². The lowest BCUT2D eigenvalue weighted by Gasteiger charge is -2.41. The molecule has 0 aliphatic carbocycles. The van der Waals surface area contributed by atoms with Crippen LogP contribution in [0.15, 0.2) is 0 Å². The zero-order valence-electron chi connectivity index (χ0n) is 11.8. The Morgan fingerprint density at radius 3 is 2.22 bits per heavy atom. The van der Waals surface area contributed by atoms with Gasteiger partial charge in [-0.2, -0.15) is 0 Å². The van der Waals surface area contributed by atoms with Crippen molar-refractivity contribution in [2.75, 3.05) is 61.0 Å². The minimum Gasteiger partial charge on any atom is -0.630 e. The molecule has 1 heterocycles. The van der Waals surface area contributed by atoms with Gasteiger partial charge in [0.1, 0.15) is 6.67 Å². The number of hydrogen-bond acceptors (Lipinski definition) is 6. The molecule has 0 aromatic rings. The fraction of sp³-hybridized carbons (Fsp3) is 1.00. The molecule has 0 spiro atoms. The highest BCUT2D eigenvalue weighted by Gasteiger charge is 2.45. The Hall–Kier alpha value is -0.280. The third kappa shape index (κ3) is 3.86. The molecule has 3 atom stereocenters. The van der Waals surface area contributed by atoms with Crippen LogP contribution in [-0.4, -0.2) is 103 Å². The summed E-state index contributed by atoms with van der Waals surface area (Å²) in [6.45, 7) is 2.34. The summed E-state index contributed by atoms with van der Waals surface area (Å²) >= 11 is 0. The summed E-state index contributed by atoms with van der Waals surface area (Å²) in [6.07, 6.45) is -2.34. The van der Waals surface area contributed by atoms with Crippen LogP contribution >= 0.6 is 0 Å². The van der Waals surface area contributed by atoms with Crippen LogP contribution < -0.4 is 0 Å². The average Bonchev–Trinajstić information content (AvgIpc) is 2.49. The van der Waals surface area contributed by atoms with Crippen molar-refractivity contribution in [3.63, 3.8) is 0 Å². The van der Waals surface area contributed by atoms with Crippen LogP contribution in [0.1, 0.15) is 0 Å². The number of aliphatic hydroxyl groups is 2. The predicted molar refractivity (Wildman–Crippen MR) is 69.2 cm³/mol. The van der Waals surface area contributed by atoms with E-state index in [1.54, 1.807) is 4.90 Å². The highest BCUT2D eigenvalue weighted by atomic mass is 16.6. The second-order valence-electron chi connectivity index (χ2n) is 5.56. The van der Waals surface area contributed by atoms with Crippen molar-refractivity contribution in [2.24, 2.45) is 0 Å². The minimum absolute atomic E-state index is 0.143. The summed E-state index contributed by atoms with van der Waals surface area (Å²) in [4.78, 5) is 5.53. The number of quaternary nitrogens is 1. The van der Waals surface area contributed by atoms with Gasteiger partial charge in [0.2, 0.25) is 6.23 Å². The summed E-state index contributed by atoms with van der Waals surface area (Å²) in [6, 6.07) is 0. The highest BCUT2D eigenvalue weighted by molar-refractivity contribution is 4.72. The lowest BCUT2D eigenvalue weighted by Crippen LogP contribution is -2.52. The maximum Gasteiger partial charge on any atom is 0.232 e. The van der Waals surface area contributed by atoms with E-state index >= 15 is 0 Å². The standard InChI is InChI=1S/C11H26N4O3/c1-12(2)5-6-14-9-15(18,8-7-13(3)4)11(17)10(14)16/h10-11,16-17H,5-9H2,1-4H3.